The van der Waals surface area contributed by atoms with Crippen LogP contribution >= 0.6 is 0 Å². The molecule has 0 spiro atoms. The number of hydrogen-bond acceptors (Lipinski definition) is 3. The highest BCUT2D eigenvalue weighted by Crippen LogP contribution is 2.31. The lowest BCUT2D eigenvalue weighted by molar-refractivity contribution is 0.101. The molecule has 0 bridgehead atoms. The van der Waals surface area contributed by atoms with Crippen molar-refractivity contribution >= 4 is 12.6 Å². The van der Waals surface area contributed by atoms with Gasteiger partial charge in [0.25, 0.3) is 0 Å². The molecule has 104 valence electrons. The predicted octanol–water partition coefficient (Wildman–Crippen LogP) is 1.71. The average molecular weight is 266 g/mol. The van der Waals surface area contributed by atoms with E-state index in [1.165, 1.54) is 18.6 Å². The van der Waals surface area contributed by atoms with Crippen molar-refractivity contribution in [1.82, 2.24) is 0 Å². The molecule has 0 radical (unpaired) electrons. The summed E-state index contributed by atoms with van der Waals surface area (Å²) >= 11 is 0. The van der Waals surface area contributed by atoms with Crippen LogP contribution in [0.3, 0.4) is 0 Å². The van der Waals surface area contributed by atoms with E-state index in [1.54, 1.807) is 0 Å². The summed E-state index contributed by atoms with van der Waals surface area (Å²) in [6.45, 7) is 4.39. The molecular weight excluding hydrogens is 246 g/mol. The van der Waals surface area contributed by atoms with Crippen molar-refractivity contribution < 1.29 is 19.2 Å². The molecular formula is C14H20BFO3. The van der Waals surface area contributed by atoms with Gasteiger partial charge in [-0.25, -0.2) is 4.39 Å². The fourth-order valence-electron chi connectivity index (χ4n) is 2.96. The van der Waals surface area contributed by atoms with Crippen molar-refractivity contribution in [2.24, 2.45) is 11.8 Å². The van der Waals surface area contributed by atoms with Crippen LogP contribution in [0.4, 0.5) is 4.39 Å². The highest BCUT2D eigenvalue weighted by molar-refractivity contribution is 6.58. The minimum Gasteiger partial charge on any atom is -0.490 e. The summed E-state index contributed by atoms with van der Waals surface area (Å²) in [5, 5.41) is 18.2. The normalized spacial score (nSPS) is 27.1. The fourth-order valence-corrected chi connectivity index (χ4v) is 2.96. The van der Waals surface area contributed by atoms with Crippen molar-refractivity contribution in [3.8, 4) is 5.75 Å². The Hall–Kier alpha value is -1.07. The average Bonchev–Trinajstić information content (AvgIpc) is 2.26. The number of ether oxygens (including phenoxy) is 1. The summed E-state index contributed by atoms with van der Waals surface area (Å²) in [6.07, 6.45) is 3.18. The molecule has 2 rings (SSSR count). The van der Waals surface area contributed by atoms with Crippen molar-refractivity contribution in [3.63, 3.8) is 0 Å². The van der Waals surface area contributed by atoms with Gasteiger partial charge in [0.05, 0.1) is 6.10 Å². The molecule has 1 aromatic carbocycles. The van der Waals surface area contributed by atoms with E-state index in [1.807, 2.05) is 0 Å². The van der Waals surface area contributed by atoms with Crippen LogP contribution in [0.2, 0.25) is 0 Å². The Morgan fingerprint density at radius 1 is 1.11 bits per heavy atom. The molecule has 1 saturated carbocycles. The van der Waals surface area contributed by atoms with Crippen molar-refractivity contribution in [2.75, 3.05) is 0 Å². The summed E-state index contributed by atoms with van der Waals surface area (Å²) < 4.78 is 19.2. The van der Waals surface area contributed by atoms with Gasteiger partial charge in [0, 0.05) is 6.07 Å². The van der Waals surface area contributed by atoms with E-state index in [2.05, 4.69) is 13.8 Å². The largest absolute Gasteiger partial charge is 0.490 e. The highest BCUT2D eigenvalue weighted by Gasteiger charge is 2.25. The summed E-state index contributed by atoms with van der Waals surface area (Å²) in [4.78, 5) is 0. The second-order valence-electron chi connectivity index (χ2n) is 5.75. The summed E-state index contributed by atoms with van der Waals surface area (Å²) in [5.41, 5.74) is 0.118. The third-order valence-electron chi connectivity index (χ3n) is 3.63. The molecule has 2 unspecified atom stereocenters. The zero-order valence-corrected chi connectivity index (χ0v) is 11.3. The van der Waals surface area contributed by atoms with Crippen LogP contribution < -0.4 is 10.2 Å². The number of benzene rings is 1. The van der Waals surface area contributed by atoms with E-state index in [0.29, 0.717) is 17.6 Å². The SMILES string of the molecule is CC1CC(C)CC(Oc2cc(F)cc(B(O)O)c2)C1. The Morgan fingerprint density at radius 2 is 1.74 bits per heavy atom. The molecule has 0 aromatic heterocycles. The molecule has 3 nitrogen and oxygen atoms in total. The Labute approximate surface area is 113 Å². The first-order chi connectivity index (χ1) is 8.94. The summed E-state index contributed by atoms with van der Waals surface area (Å²) in [6, 6.07) is 3.87. The maximum atomic E-state index is 13.4. The number of rotatable bonds is 3. The molecule has 1 aliphatic rings. The summed E-state index contributed by atoms with van der Waals surface area (Å²) in [7, 11) is -1.68. The first-order valence-electron chi connectivity index (χ1n) is 6.77. The lowest BCUT2D eigenvalue weighted by Gasteiger charge is -2.31. The van der Waals surface area contributed by atoms with Gasteiger partial charge in [0.15, 0.2) is 0 Å². The zero-order valence-electron chi connectivity index (χ0n) is 11.3. The van der Waals surface area contributed by atoms with Crippen LogP contribution in [0.25, 0.3) is 0 Å². The molecule has 19 heavy (non-hydrogen) atoms. The molecule has 1 aromatic rings. The molecule has 2 N–H and O–H groups in total. The first kappa shape index (κ1) is 14.3. The van der Waals surface area contributed by atoms with Crippen molar-refractivity contribution in [3.05, 3.63) is 24.0 Å². The van der Waals surface area contributed by atoms with Crippen molar-refractivity contribution in [2.45, 2.75) is 39.2 Å². The lowest BCUT2D eigenvalue weighted by Crippen LogP contribution is -2.32. The Kier molecular flexibility index (Phi) is 4.48. The van der Waals surface area contributed by atoms with Gasteiger partial charge in [-0.15, -0.1) is 0 Å². The van der Waals surface area contributed by atoms with Gasteiger partial charge in [0.2, 0.25) is 0 Å². The molecule has 1 fully saturated rings. The summed E-state index contributed by atoms with van der Waals surface area (Å²) in [5.74, 6) is 1.06. The van der Waals surface area contributed by atoms with Crippen LogP contribution in [0, 0.1) is 17.7 Å². The Morgan fingerprint density at radius 3 is 2.32 bits per heavy atom. The van der Waals surface area contributed by atoms with Gasteiger partial charge in [-0.2, -0.15) is 0 Å². The maximum Gasteiger partial charge on any atom is 0.488 e. The quantitative estimate of drug-likeness (QED) is 0.819. The smallest absolute Gasteiger partial charge is 0.488 e. The third-order valence-corrected chi connectivity index (χ3v) is 3.63. The number of hydrogen-bond donors (Lipinski definition) is 2. The van der Waals surface area contributed by atoms with E-state index >= 15 is 0 Å². The molecule has 0 amide bonds. The number of halogens is 1. The molecule has 5 heteroatoms. The van der Waals surface area contributed by atoms with E-state index in [4.69, 9.17) is 14.8 Å². The van der Waals surface area contributed by atoms with Gasteiger partial charge in [-0.1, -0.05) is 13.8 Å². The van der Waals surface area contributed by atoms with Gasteiger partial charge in [-0.3, -0.25) is 0 Å². The van der Waals surface area contributed by atoms with E-state index < -0.39 is 12.9 Å². The lowest BCUT2D eigenvalue weighted by atomic mass is 9.80. The van der Waals surface area contributed by atoms with Crippen LogP contribution in [0.15, 0.2) is 18.2 Å². The maximum absolute atomic E-state index is 13.4. The highest BCUT2D eigenvalue weighted by atomic mass is 19.1. The third kappa shape index (κ3) is 3.95. The minimum atomic E-state index is -1.68. The molecule has 0 aliphatic heterocycles. The van der Waals surface area contributed by atoms with E-state index in [9.17, 15) is 4.39 Å². The standard InChI is InChI=1S/C14H20BFO3/c1-9-3-10(2)5-13(4-9)19-14-7-11(15(17)18)6-12(16)8-14/h6-10,13,17-18H,3-5H2,1-2H3. The van der Waals surface area contributed by atoms with Crippen LogP contribution in [-0.4, -0.2) is 23.3 Å². The Bertz CT molecular complexity index is 429. The van der Waals surface area contributed by atoms with E-state index in [0.717, 1.165) is 18.9 Å². The van der Waals surface area contributed by atoms with Crippen LogP contribution in [0.1, 0.15) is 33.1 Å². The molecule has 1 aliphatic carbocycles. The van der Waals surface area contributed by atoms with Crippen LogP contribution in [0.5, 0.6) is 5.75 Å². The van der Waals surface area contributed by atoms with E-state index in [-0.39, 0.29) is 11.6 Å². The topological polar surface area (TPSA) is 49.7 Å². The van der Waals surface area contributed by atoms with Crippen LogP contribution in [-0.2, 0) is 0 Å². The van der Waals surface area contributed by atoms with Gasteiger partial charge in [0.1, 0.15) is 11.6 Å². The molecule has 0 saturated heterocycles. The monoisotopic (exact) mass is 266 g/mol. The van der Waals surface area contributed by atoms with Gasteiger partial charge in [-0.05, 0) is 48.7 Å². The zero-order chi connectivity index (χ0) is 14.0. The van der Waals surface area contributed by atoms with Gasteiger partial charge < -0.3 is 14.8 Å². The first-order valence-corrected chi connectivity index (χ1v) is 6.77. The fraction of sp³-hybridized carbons (Fsp3) is 0.571. The van der Waals surface area contributed by atoms with Gasteiger partial charge >= 0.3 is 7.12 Å². The molecule has 0 heterocycles. The second kappa shape index (κ2) is 5.93. The van der Waals surface area contributed by atoms with Crippen molar-refractivity contribution in [1.29, 1.82) is 0 Å². The predicted molar refractivity (Wildman–Crippen MR) is 72.8 cm³/mol. The Balaban J connectivity index is 2.10. The molecule has 2 atom stereocenters. The second-order valence-corrected chi connectivity index (χ2v) is 5.75. The minimum absolute atomic E-state index is 0.0734.